The number of nitrogens with one attached hydrogen (secondary N) is 2. The van der Waals surface area contributed by atoms with Gasteiger partial charge in [-0.1, -0.05) is 0 Å². The van der Waals surface area contributed by atoms with E-state index in [0.717, 1.165) is 0 Å². The highest BCUT2D eigenvalue weighted by Crippen LogP contribution is 2.27. The molecule has 46 heavy (non-hydrogen) atoms. The molecule has 0 heterocycles. The number of ether oxygens (including phenoxy) is 3. The smallest absolute Gasteiger partial charge is 0.269 e. The van der Waals surface area contributed by atoms with Crippen LogP contribution in [-0.4, -0.2) is 28.3 Å². The predicted octanol–water partition coefficient (Wildman–Crippen LogP) is 7.36. The summed E-state index contributed by atoms with van der Waals surface area (Å²) in [6, 6.07) is 30.9. The summed E-state index contributed by atoms with van der Waals surface area (Å²) in [6.45, 7) is -0.263. The molecule has 0 aliphatic heterocycles. The van der Waals surface area contributed by atoms with Gasteiger partial charge in [-0.05, 0) is 97.1 Å². The van der Waals surface area contributed by atoms with Crippen LogP contribution in [-0.2, 0) is 4.79 Å². The third-order valence-corrected chi connectivity index (χ3v) is 6.30. The number of hydrogen-bond acceptors (Lipinski definition) is 9. The van der Waals surface area contributed by atoms with Gasteiger partial charge in [0.2, 0.25) is 0 Å². The molecule has 0 spiro atoms. The van der Waals surface area contributed by atoms with Gasteiger partial charge in [-0.15, -0.1) is 0 Å². The van der Waals surface area contributed by atoms with Crippen molar-refractivity contribution >= 4 is 34.6 Å². The minimum absolute atomic E-state index is 0.0366. The summed E-state index contributed by atoms with van der Waals surface area (Å²) in [5, 5.41) is 27.1. The molecule has 13 nitrogen and oxygen atoms in total. The fourth-order valence-electron chi connectivity index (χ4n) is 4.01. The summed E-state index contributed by atoms with van der Waals surface area (Å²) in [5.41, 5.74) is 1.35. The molecule has 5 aromatic rings. The highest BCUT2D eigenvalue weighted by atomic mass is 16.6. The Morgan fingerprint density at radius 3 is 1.30 bits per heavy atom. The van der Waals surface area contributed by atoms with Crippen LogP contribution in [0.5, 0.6) is 28.7 Å². The van der Waals surface area contributed by atoms with Gasteiger partial charge in [-0.25, -0.2) is 0 Å². The van der Waals surface area contributed by atoms with Gasteiger partial charge in [-0.3, -0.25) is 29.8 Å². The Labute approximate surface area is 261 Å². The SMILES string of the molecule is O=C(COc1ccc(C(=O)Nc2ccc(Oc3ccc([N+](=O)[O-])cc3)cc2)cc1)Nc1ccc(Oc2ccc([N+](=O)[O-])cc2)cc1. The predicted molar refractivity (Wildman–Crippen MR) is 168 cm³/mol. The van der Waals surface area contributed by atoms with Crippen LogP contribution in [0, 0.1) is 20.2 Å². The number of nitro groups is 2. The van der Waals surface area contributed by atoms with E-state index in [9.17, 15) is 29.8 Å². The number of anilines is 2. The fourth-order valence-corrected chi connectivity index (χ4v) is 4.01. The zero-order chi connectivity index (χ0) is 32.5. The van der Waals surface area contributed by atoms with Crippen molar-refractivity contribution in [3.63, 3.8) is 0 Å². The Bertz CT molecular complexity index is 1840. The van der Waals surface area contributed by atoms with Crippen LogP contribution < -0.4 is 24.8 Å². The maximum absolute atomic E-state index is 12.7. The van der Waals surface area contributed by atoms with Gasteiger partial charge in [-0.2, -0.15) is 0 Å². The van der Waals surface area contributed by atoms with E-state index in [4.69, 9.17) is 14.2 Å². The van der Waals surface area contributed by atoms with E-state index in [1.54, 1.807) is 72.8 Å². The Kier molecular flexibility index (Phi) is 9.43. The van der Waals surface area contributed by atoms with Gasteiger partial charge in [0, 0.05) is 41.2 Å². The number of rotatable bonds is 12. The molecule has 0 aliphatic rings. The van der Waals surface area contributed by atoms with Gasteiger partial charge in [0.1, 0.15) is 28.7 Å². The van der Waals surface area contributed by atoms with Crippen molar-refractivity contribution in [2.24, 2.45) is 0 Å². The third kappa shape index (κ3) is 8.41. The first-order chi connectivity index (χ1) is 22.2. The zero-order valence-electron chi connectivity index (χ0n) is 23.8. The Morgan fingerprint density at radius 1 is 0.522 bits per heavy atom. The summed E-state index contributed by atoms with van der Waals surface area (Å²) >= 11 is 0. The first-order valence-corrected chi connectivity index (χ1v) is 13.6. The van der Waals surface area contributed by atoms with E-state index in [1.807, 2.05) is 0 Å². The number of hydrogen-bond donors (Lipinski definition) is 2. The molecule has 0 aliphatic carbocycles. The molecule has 2 amide bonds. The number of benzene rings is 5. The van der Waals surface area contributed by atoms with Gasteiger partial charge >= 0.3 is 0 Å². The molecule has 0 atom stereocenters. The summed E-state index contributed by atoms with van der Waals surface area (Å²) in [6.07, 6.45) is 0. The molecule has 0 bridgehead atoms. The molecule has 13 heteroatoms. The highest BCUT2D eigenvalue weighted by molar-refractivity contribution is 6.04. The molecule has 230 valence electrons. The maximum Gasteiger partial charge on any atom is 0.269 e. The molecular weight excluding hydrogens is 596 g/mol. The van der Waals surface area contributed by atoms with E-state index in [-0.39, 0.29) is 23.9 Å². The van der Waals surface area contributed by atoms with Gasteiger partial charge in [0.25, 0.3) is 23.2 Å². The molecule has 5 aromatic carbocycles. The molecular formula is C33H24N4O9. The van der Waals surface area contributed by atoms with E-state index in [0.29, 0.717) is 45.7 Å². The molecule has 0 unspecified atom stereocenters. The Hall–Kier alpha value is -6.76. The van der Waals surface area contributed by atoms with Crippen LogP contribution in [0.25, 0.3) is 0 Å². The molecule has 0 aromatic heterocycles. The summed E-state index contributed by atoms with van der Waals surface area (Å²) in [7, 11) is 0. The average Bonchev–Trinajstić information content (AvgIpc) is 3.06. The minimum atomic E-state index is -0.492. The molecule has 0 saturated carbocycles. The topological polar surface area (TPSA) is 172 Å². The molecule has 0 fully saturated rings. The first kappa shape index (κ1) is 30.7. The number of non-ortho nitro benzene ring substituents is 2. The molecule has 5 rings (SSSR count). The van der Waals surface area contributed by atoms with Crippen LogP contribution in [0.4, 0.5) is 22.7 Å². The summed E-state index contributed by atoms with van der Waals surface area (Å²) < 4.78 is 16.9. The van der Waals surface area contributed by atoms with Gasteiger partial charge < -0.3 is 24.8 Å². The number of nitrogens with zero attached hydrogens (tertiary/aromatic N) is 2. The lowest BCUT2D eigenvalue weighted by Gasteiger charge is -2.10. The third-order valence-electron chi connectivity index (χ3n) is 6.30. The van der Waals surface area contributed by atoms with Crippen molar-refractivity contribution in [1.82, 2.24) is 0 Å². The van der Waals surface area contributed by atoms with Crippen LogP contribution in [0.2, 0.25) is 0 Å². The average molecular weight is 621 g/mol. The van der Waals surface area contributed by atoms with Crippen molar-refractivity contribution < 1.29 is 33.6 Å². The second kappa shape index (κ2) is 14.1. The van der Waals surface area contributed by atoms with Crippen LogP contribution in [0.1, 0.15) is 10.4 Å². The second-order valence-electron chi connectivity index (χ2n) is 9.57. The summed E-state index contributed by atoms with van der Waals surface area (Å²) in [4.78, 5) is 45.6. The number of nitro benzene ring substituents is 2. The largest absolute Gasteiger partial charge is 0.484 e. The van der Waals surface area contributed by atoms with E-state index < -0.39 is 15.8 Å². The number of amides is 2. The lowest BCUT2D eigenvalue weighted by Crippen LogP contribution is -2.20. The minimum Gasteiger partial charge on any atom is -0.484 e. The Morgan fingerprint density at radius 2 is 0.891 bits per heavy atom. The number of carbonyl (C=O) groups is 2. The highest BCUT2D eigenvalue weighted by Gasteiger charge is 2.10. The Balaban J connectivity index is 1.05. The van der Waals surface area contributed by atoms with Crippen LogP contribution >= 0.6 is 0 Å². The molecule has 2 N–H and O–H groups in total. The van der Waals surface area contributed by atoms with Crippen molar-refractivity contribution in [2.75, 3.05) is 17.2 Å². The van der Waals surface area contributed by atoms with E-state index >= 15 is 0 Å². The molecule has 0 radical (unpaired) electrons. The van der Waals surface area contributed by atoms with Crippen LogP contribution in [0.15, 0.2) is 121 Å². The lowest BCUT2D eigenvalue weighted by molar-refractivity contribution is -0.385. The van der Waals surface area contributed by atoms with Crippen molar-refractivity contribution in [2.45, 2.75) is 0 Å². The zero-order valence-corrected chi connectivity index (χ0v) is 23.8. The van der Waals surface area contributed by atoms with Crippen molar-refractivity contribution in [3.05, 3.63) is 147 Å². The van der Waals surface area contributed by atoms with Crippen molar-refractivity contribution in [1.29, 1.82) is 0 Å². The summed E-state index contributed by atoms with van der Waals surface area (Å²) in [5.74, 6) is 1.49. The van der Waals surface area contributed by atoms with E-state index in [1.165, 1.54) is 48.5 Å². The van der Waals surface area contributed by atoms with Gasteiger partial charge in [0.15, 0.2) is 6.61 Å². The normalized spacial score (nSPS) is 10.3. The monoisotopic (exact) mass is 620 g/mol. The number of carbonyl (C=O) groups excluding carboxylic acids is 2. The molecule has 0 saturated heterocycles. The fraction of sp³-hybridized carbons (Fsp3) is 0.0303. The van der Waals surface area contributed by atoms with E-state index in [2.05, 4.69) is 10.6 Å². The maximum atomic E-state index is 12.7. The first-order valence-electron chi connectivity index (χ1n) is 13.6. The van der Waals surface area contributed by atoms with Crippen molar-refractivity contribution in [3.8, 4) is 28.7 Å². The van der Waals surface area contributed by atoms with Crippen LogP contribution in [0.3, 0.4) is 0 Å². The standard InChI is InChI=1S/C33H24N4O9/c38-32(34-23-3-13-28(14-4-23)45-30-17-7-25(8-18-30)36(40)41)21-44-27-11-1-22(2-12-27)33(39)35-24-5-15-29(16-6-24)46-31-19-9-26(10-20-31)37(42)43/h1-20H,21H2,(H,34,38)(H,35,39). The second-order valence-corrected chi connectivity index (χ2v) is 9.57. The quantitative estimate of drug-likeness (QED) is 0.107. The van der Waals surface area contributed by atoms with Gasteiger partial charge in [0.05, 0.1) is 9.85 Å². The lowest BCUT2D eigenvalue weighted by atomic mass is 10.2.